The van der Waals surface area contributed by atoms with Gasteiger partial charge in [0.2, 0.25) is 5.91 Å². The Hall–Kier alpha value is -0.760. The Kier molecular flexibility index (Phi) is 6.35. The highest BCUT2D eigenvalue weighted by Crippen LogP contribution is 2.24. The van der Waals surface area contributed by atoms with Crippen molar-refractivity contribution >= 4 is 41.1 Å². The van der Waals surface area contributed by atoms with Crippen molar-refractivity contribution in [3.8, 4) is 0 Å². The first-order valence-electron chi connectivity index (χ1n) is 4.84. The van der Waals surface area contributed by atoms with E-state index in [2.05, 4.69) is 17.9 Å². The summed E-state index contributed by atoms with van der Waals surface area (Å²) in [6, 6.07) is 7.10. The summed E-state index contributed by atoms with van der Waals surface area (Å²) < 4.78 is 21.2. The highest BCUT2D eigenvalue weighted by molar-refractivity contribution is 7.81. The topological polar surface area (TPSA) is 63.2 Å². The molecule has 0 fully saturated rings. The lowest BCUT2D eigenvalue weighted by Gasteiger charge is -2.05. The van der Waals surface area contributed by atoms with Crippen LogP contribution in [-0.2, 0) is 20.3 Å². The Bertz CT molecular complexity index is 403. The highest BCUT2D eigenvalue weighted by atomic mass is 32.1. The fourth-order valence-corrected chi connectivity index (χ4v) is 2.03. The Morgan fingerprint density at radius 1 is 1.24 bits per heavy atom. The molecule has 0 spiro atoms. The number of carbonyl (C=O) groups excluding carboxylic acids is 1. The molecule has 1 rings (SSSR count). The minimum Gasteiger partial charge on any atom is -0.325 e. The third-order valence-electron chi connectivity index (χ3n) is 2.04. The van der Waals surface area contributed by atoms with E-state index in [0.29, 0.717) is 12.1 Å². The van der Waals surface area contributed by atoms with Gasteiger partial charge in [-0.3, -0.25) is 13.9 Å². The predicted molar refractivity (Wildman–Crippen MR) is 71.6 cm³/mol. The molecule has 0 radical (unpaired) electrons. The van der Waals surface area contributed by atoms with Crippen molar-refractivity contribution in [1.82, 2.24) is 0 Å². The monoisotopic (exact) mass is 287 g/mol. The molecule has 1 N–H and O–H groups in total. The van der Waals surface area contributed by atoms with Crippen LogP contribution in [0.2, 0.25) is 0 Å². The SMILES string of the molecule is O=PC(Cc1ccc(NC(=O)CS)cc1)P=O. The number of anilines is 1. The summed E-state index contributed by atoms with van der Waals surface area (Å²) in [6.07, 6.45) is 0.469. The van der Waals surface area contributed by atoms with Gasteiger partial charge in [0.1, 0.15) is 5.40 Å². The van der Waals surface area contributed by atoms with Gasteiger partial charge in [0.15, 0.2) is 16.9 Å². The number of hydrogen-bond acceptors (Lipinski definition) is 4. The summed E-state index contributed by atoms with van der Waals surface area (Å²) >= 11 is 3.85. The van der Waals surface area contributed by atoms with Crippen molar-refractivity contribution in [1.29, 1.82) is 0 Å². The average Bonchev–Trinajstić information content (AvgIpc) is 2.37. The van der Waals surface area contributed by atoms with E-state index in [1.165, 1.54) is 0 Å². The standard InChI is InChI=1S/C10H11NO3P2S/c12-9(6-17)11-8-3-1-7(2-4-8)5-10(15-13)16-14/h1-4,10,17H,5-6H2,(H,11,12). The minimum atomic E-state index is -0.409. The van der Waals surface area contributed by atoms with Crippen molar-refractivity contribution in [2.45, 2.75) is 11.8 Å². The summed E-state index contributed by atoms with van der Waals surface area (Å²) in [5.41, 5.74) is 1.61. The lowest BCUT2D eigenvalue weighted by atomic mass is 10.1. The van der Waals surface area contributed by atoms with Crippen LogP contribution in [0, 0.1) is 0 Å². The molecule has 0 saturated heterocycles. The molecule has 0 aliphatic rings. The van der Waals surface area contributed by atoms with E-state index >= 15 is 0 Å². The maximum Gasteiger partial charge on any atom is 0.234 e. The molecule has 1 aromatic rings. The van der Waals surface area contributed by atoms with Gasteiger partial charge in [0, 0.05) is 5.69 Å². The molecule has 0 bridgehead atoms. The lowest BCUT2D eigenvalue weighted by Crippen LogP contribution is -2.12. The Balaban J connectivity index is 2.64. The number of carbonyl (C=O) groups is 1. The summed E-state index contributed by atoms with van der Waals surface area (Å²) in [5.74, 6) is -0.0383. The Labute approximate surface area is 108 Å². The number of nitrogens with one attached hydrogen (secondary N) is 1. The first-order valence-corrected chi connectivity index (χ1v) is 7.23. The molecule has 0 aliphatic carbocycles. The fraction of sp³-hybridized carbons (Fsp3) is 0.300. The van der Waals surface area contributed by atoms with Crippen LogP contribution in [0.3, 0.4) is 0 Å². The van der Waals surface area contributed by atoms with Crippen LogP contribution in [0.4, 0.5) is 5.69 Å². The first-order chi connectivity index (χ1) is 8.19. The summed E-state index contributed by atoms with van der Waals surface area (Å²) in [4.78, 5) is 11.1. The second-order valence-corrected chi connectivity index (χ2v) is 5.69. The number of thiol groups is 1. The second kappa shape index (κ2) is 7.54. The fourth-order valence-electron chi connectivity index (χ4n) is 1.23. The molecule has 0 aromatic heterocycles. The van der Waals surface area contributed by atoms with Crippen LogP contribution in [0.1, 0.15) is 5.56 Å². The second-order valence-electron chi connectivity index (χ2n) is 3.30. The molecule has 7 heteroatoms. The van der Waals surface area contributed by atoms with Crippen molar-refractivity contribution < 1.29 is 13.9 Å². The number of hydrogen-bond donors (Lipinski definition) is 2. The summed E-state index contributed by atoms with van der Waals surface area (Å²) in [6.45, 7) is 0. The molecule has 90 valence electrons. The minimum absolute atomic E-state index is 0.129. The van der Waals surface area contributed by atoms with E-state index < -0.39 is 5.40 Å². The van der Waals surface area contributed by atoms with Gasteiger partial charge < -0.3 is 5.32 Å². The molecule has 0 saturated carbocycles. The third-order valence-corrected chi connectivity index (χ3v) is 3.75. The maximum atomic E-state index is 11.1. The number of amides is 1. The molecule has 17 heavy (non-hydrogen) atoms. The molecule has 1 aromatic carbocycles. The van der Waals surface area contributed by atoms with E-state index in [1.807, 2.05) is 0 Å². The normalized spacial score (nSPS) is 12.5. The number of benzene rings is 1. The highest BCUT2D eigenvalue weighted by Gasteiger charge is 2.09. The van der Waals surface area contributed by atoms with Crippen LogP contribution in [0.25, 0.3) is 0 Å². The zero-order valence-corrected chi connectivity index (χ0v) is 11.6. The van der Waals surface area contributed by atoms with Crippen molar-refractivity contribution in [3.63, 3.8) is 0 Å². The lowest BCUT2D eigenvalue weighted by molar-refractivity contribution is -0.113. The van der Waals surface area contributed by atoms with Gasteiger partial charge in [-0.2, -0.15) is 12.6 Å². The van der Waals surface area contributed by atoms with E-state index in [0.717, 1.165) is 5.56 Å². The van der Waals surface area contributed by atoms with Gasteiger partial charge in [-0.15, -0.1) is 0 Å². The van der Waals surface area contributed by atoms with Gasteiger partial charge in [-0.05, 0) is 24.1 Å². The van der Waals surface area contributed by atoms with Crippen molar-refractivity contribution in [3.05, 3.63) is 29.8 Å². The largest absolute Gasteiger partial charge is 0.325 e. The van der Waals surface area contributed by atoms with Crippen LogP contribution >= 0.6 is 29.5 Å². The van der Waals surface area contributed by atoms with Crippen LogP contribution < -0.4 is 5.32 Å². The van der Waals surface area contributed by atoms with E-state index in [4.69, 9.17) is 0 Å². The quantitative estimate of drug-likeness (QED) is 0.624. The van der Waals surface area contributed by atoms with E-state index in [-0.39, 0.29) is 28.6 Å². The maximum absolute atomic E-state index is 11.1. The zero-order valence-electron chi connectivity index (χ0n) is 8.87. The van der Waals surface area contributed by atoms with Gasteiger partial charge in [-0.25, -0.2) is 0 Å². The van der Waals surface area contributed by atoms with Crippen molar-refractivity contribution in [2.24, 2.45) is 0 Å². The van der Waals surface area contributed by atoms with Gasteiger partial charge in [-0.1, -0.05) is 12.1 Å². The number of rotatable bonds is 6. The van der Waals surface area contributed by atoms with Crippen LogP contribution in [0.5, 0.6) is 0 Å². The molecule has 4 nitrogen and oxygen atoms in total. The van der Waals surface area contributed by atoms with Crippen LogP contribution in [-0.4, -0.2) is 17.1 Å². The smallest absolute Gasteiger partial charge is 0.234 e. The molecule has 0 atom stereocenters. The van der Waals surface area contributed by atoms with Gasteiger partial charge in [0.25, 0.3) is 0 Å². The molecular formula is C10H11NO3P2S. The molecule has 1 amide bonds. The zero-order chi connectivity index (χ0) is 12.7. The third kappa shape index (κ3) is 4.95. The Morgan fingerprint density at radius 2 is 1.82 bits per heavy atom. The van der Waals surface area contributed by atoms with Gasteiger partial charge in [0.05, 0.1) is 5.75 Å². The van der Waals surface area contributed by atoms with E-state index in [1.54, 1.807) is 24.3 Å². The summed E-state index contributed by atoms with van der Waals surface area (Å²) in [7, 11) is -0.258. The molecule has 0 heterocycles. The van der Waals surface area contributed by atoms with E-state index in [9.17, 15) is 13.9 Å². The Morgan fingerprint density at radius 3 is 2.29 bits per heavy atom. The first kappa shape index (κ1) is 14.3. The molecular weight excluding hydrogens is 276 g/mol. The molecule has 0 aliphatic heterocycles. The average molecular weight is 287 g/mol. The summed E-state index contributed by atoms with van der Waals surface area (Å²) in [5, 5.41) is 2.25. The van der Waals surface area contributed by atoms with Crippen molar-refractivity contribution in [2.75, 3.05) is 11.1 Å². The molecule has 0 unspecified atom stereocenters. The predicted octanol–water partition coefficient (Wildman–Crippen LogP) is 3.01. The van der Waals surface area contributed by atoms with Gasteiger partial charge >= 0.3 is 0 Å². The van der Waals surface area contributed by atoms with Crippen LogP contribution in [0.15, 0.2) is 24.3 Å².